The average molecular weight is 290 g/mol. The molecular formula is C17H26N2O2. The lowest BCUT2D eigenvalue weighted by atomic mass is 10.0. The van der Waals surface area contributed by atoms with Crippen molar-refractivity contribution < 1.29 is 9.53 Å². The number of hydrogen-bond donors (Lipinski definition) is 1. The van der Waals surface area contributed by atoms with Crippen molar-refractivity contribution in [3.8, 4) is 5.75 Å². The number of carbonyl (C=O) groups is 1. The Morgan fingerprint density at radius 3 is 2.48 bits per heavy atom. The predicted molar refractivity (Wildman–Crippen MR) is 84.1 cm³/mol. The Balaban J connectivity index is 1.79. The Labute approximate surface area is 127 Å². The number of likely N-dealkylation sites (tertiary alicyclic amines) is 1. The van der Waals surface area contributed by atoms with Gasteiger partial charge >= 0.3 is 0 Å². The van der Waals surface area contributed by atoms with E-state index in [1.54, 1.807) is 0 Å². The van der Waals surface area contributed by atoms with Crippen molar-refractivity contribution in [3.63, 3.8) is 0 Å². The van der Waals surface area contributed by atoms with Crippen LogP contribution in [0, 0.1) is 5.92 Å². The first-order valence-electron chi connectivity index (χ1n) is 7.82. The number of nitrogens with two attached hydrogens (primary N) is 1. The Bertz CT molecular complexity index is 439. The molecule has 21 heavy (non-hydrogen) atoms. The van der Waals surface area contributed by atoms with E-state index in [1.807, 2.05) is 35.2 Å². The molecule has 1 fully saturated rings. The monoisotopic (exact) mass is 290 g/mol. The number of rotatable bonds is 5. The third-order valence-electron chi connectivity index (χ3n) is 3.84. The standard InChI is InChI=1S/C17H26N2O2/c1-13(2)12-16(18)17(20)19-10-8-15(9-11-19)21-14-6-4-3-5-7-14/h3-7,13,15-16H,8-12,18H2,1-2H3. The lowest BCUT2D eigenvalue weighted by Crippen LogP contribution is -2.49. The lowest BCUT2D eigenvalue weighted by Gasteiger charge is -2.33. The highest BCUT2D eigenvalue weighted by Crippen LogP contribution is 2.19. The van der Waals surface area contributed by atoms with Gasteiger partial charge in [0.25, 0.3) is 0 Å². The molecule has 1 aliphatic rings. The van der Waals surface area contributed by atoms with Crippen LogP contribution in [0.1, 0.15) is 33.1 Å². The minimum Gasteiger partial charge on any atom is -0.490 e. The van der Waals surface area contributed by atoms with E-state index in [1.165, 1.54) is 0 Å². The predicted octanol–water partition coefficient (Wildman–Crippen LogP) is 2.43. The van der Waals surface area contributed by atoms with E-state index >= 15 is 0 Å². The van der Waals surface area contributed by atoms with Crippen LogP contribution in [0.25, 0.3) is 0 Å². The number of hydrogen-bond acceptors (Lipinski definition) is 3. The zero-order valence-electron chi connectivity index (χ0n) is 13.0. The van der Waals surface area contributed by atoms with Crippen LogP contribution in [0.3, 0.4) is 0 Å². The molecule has 1 saturated heterocycles. The Morgan fingerprint density at radius 1 is 1.29 bits per heavy atom. The molecule has 1 aromatic carbocycles. The molecule has 0 radical (unpaired) electrons. The summed E-state index contributed by atoms with van der Waals surface area (Å²) in [5, 5.41) is 0. The number of amides is 1. The normalized spacial score (nSPS) is 17.8. The first-order valence-corrected chi connectivity index (χ1v) is 7.82. The maximum Gasteiger partial charge on any atom is 0.239 e. The van der Waals surface area contributed by atoms with E-state index in [2.05, 4.69) is 13.8 Å². The van der Waals surface area contributed by atoms with Crippen molar-refractivity contribution in [2.75, 3.05) is 13.1 Å². The van der Waals surface area contributed by atoms with Crippen molar-refractivity contribution in [2.45, 2.75) is 45.3 Å². The third kappa shape index (κ3) is 4.74. The van der Waals surface area contributed by atoms with E-state index in [4.69, 9.17) is 10.5 Å². The van der Waals surface area contributed by atoms with Gasteiger partial charge in [-0.1, -0.05) is 32.0 Å². The minimum atomic E-state index is -0.364. The summed E-state index contributed by atoms with van der Waals surface area (Å²) >= 11 is 0. The molecule has 1 aromatic rings. The van der Waals surface area contributed by atoms with Crippen LogP contribution in [-0.2, 0) is 4.79 Å². The van der Waals surface area contributed by atoms with E-state index in [-0.39, 0.29) is 18.1 Å². The molecule has 1 atom stereocenters. The largest absolute Gasteiger partial charge is 0.490 e. The highest BCUT2D eigenvalue weighted by Gasteiger charge is 2.27. The van der Waals surface area contributed by atoms with Crippen LogP contribution in [0.5, 0.6) is 5.75 Å². The molecule has 2 N–H and O–H groups in total. The maximum atomic E-state index is 12.3. The molecule has 1 heterocycles. The number of benzene rings is 1. The van der Waals surface area contributed by atoms with Crippen LogP contribution in [-0.4, -0.2) is 36.0 Å². The molecule has 1 amide bonds. The third-order valence-corrected chi connectivity index (χ3v) is 3.84. The summed E-state index contributed by atoms with van der Waals surface area (Å²) in [6, 6.07) is 9.49. The van der Waals surface area contributed by atoms with Gasteiger partial charge in [-0.25, -0.2) is 0 Å². The van der Waals surface area contributed by atoms with Crippen LogP contribution < -0.4 is 10.5 Å². The molecule has 0 aliphatic carbocycles. The molecule has 2 rings (SSSR count). The molecule has 0 bridgehead atoms. The molecule has 1 unspecified atom stereocenters. The SMILES string of the molecule is CC(C)CC(N)C(=O)N1CCC(Oc2ccccc2)CC1. The summed E-state index contributed by atoms with van der Waals surface area (Å²) in [6.07, 6.45) is 2.68. The molecule has 0 spiro atoms. The van der Waals surface area contributed by atoms with Gasteiger partial charge in [0.05, 0.1) is 6.04 Å². The first-order chi connectivity index (χ1) is 10.1. The molecule has 0 aromatic heterocycles. The summed E-state index contributed by atoms with van der Waals surface area (Å²) in [4.78, 5) is 14.1. The highest BCUT2D eigenvalue weighted by molar-refractivity contribution is 5.81. The minimum absolute atomic E-state index is 0.0851. The van der Waals surface area contributed by atoms with E-state index in [0.29, 0.717) is 5.92 Å². The second-order valence-corrected chi connectivity index (χ2v) is 6.19. The van der Waals surface area contributed by atoms with E-state index < -0.39 is 0 Å². The average Bonchev–Trinajstić information content (AvgIpc) is 2.47. The Hall–Kier alpha value is -1.55. The van der Waals surface area contributed by atoms with Crippen molar-refractivity contribution in [1.29, 1.82) is 0 Å². The van der Waals surface area contributed by atoms with Gasteiger partial charge in [-0.05, 0) is 24.5 Å². The second kappa shape index (κ2) is 7.46. The van der Waals surface area contributed by atoms with Crippen molar-refractivity contribution in [1.82, 2.24) is 4.90 Å². The van der Waals surface area contributed by atoms with Gasteiger partial charge in [-0.2, -0.15) is 0 Å². The number of para-hydroxylation sites is 1. The molecular weight excluding hydrogens is 264 g/mol. The Morgan fingerprint density at radius 2 is 1.90 bits per heavy atom. The number of nitrogens with zero attached hydrogens (tertiary/aromatic N) is 1. The topological polar surface area (TPSA) is 55.6 Å². The van der Waals surface area contributed by atoms with Crippen molar-refractivity contribution in [2.24, 2.45) is 11.7 Å². The fourth-order valence-electron chi connectivity index (χ4n) is 2.73. The smallest absolute Gasteiger partial charge is 0.239 e. The van der Waals surface area contributed by atoms with Crippen LogP contribution >= 0.6 is 0 Å². The van der Waals surface area contributed by atoms with Crippen LogP contribution in [0.2, 0.25) is 0 Å². The van der Waals surface area contributed by atoms with Gasteiger partial charge in [0.15, 0.2) is 0 Å². The second-order valence-electron chi connectivity index (χ2n) is 6.19. The Kier molecular flexibility index (Phi) is 5.62. The number of ether oxygens (including phenoxy) is 1. The van der Waals surface area contributed by atoms with Gasteiger partial charge in [0.2, 0.25) is 5.91 Å². The van der Waals surface area contributed by atoms with Crippen molar-refractivity contribution >= 4 is 5.91 Å². The van der Waals surface area contributed by atoms with Gasteiger partial charge < -0.3 is 15.4 Å². The fourth-order valence-corrected chi connectivity index (χ4v) is 2.73. The summed E-state index contributed by atoms with van der Waals surface area (Å²) < 4.78 is 5.94. The van der Waals surface area contributed by atoms with Crippen LogP contribution in [0.4, 0.5) is 0 Å². The van der Waals surface area contributed by atoms with Gasteiger partial charge in [0, 0.05) is 25.9 Å². The van der Waals surface area contributed by atoms with Crippen LogP contribution in [0.15, 0.2) is 30.3 Å². The van der Waals surface area contributed by atoms with Crippen molar-refractivity contribution in [3.05, 3.63) is 30.3 Å². The first kappa shape index (κ1) is 15.8. The van der Waals surface area contributed by atoms with Gasteiger partial charge in [0.1, 0.15) is 11.9 Å². The molecule has 1 aliphatic heterocycles. The summed E-state index contributed by atoms with van der Waals surface area (Å²) in [6.45, 7) is 5.66. The summed E-state index contributed by atoms with van der Waals surface area (Å²) in [5.74, 6) is 1.43. The van der Waals surface area contributed by atoms with Gasteiger partial charge in [-0.15, -0.1) is 0 Å². The number of carbonyl (C=O) groups excluding carboxylic acids is 1. The molecule has 0 saturated carbocycles. The zero-order valence-corrected chi connectivity index (χ0v) is 13.0. The van der Waals surface area contributed by atoms with E-state index in [9.17, 15) is 4.79 Å². The van der Waals surface area contributed by atoms with Gasteiger partial charge in [-0.3, -0.25) is 4.79 Å². The summed E-state index contributed by atoms with van der Waals surface area (Å²) in [7, 11) is 0. The van der Waals surface area contributed by atoms with E-state index in [0.717, 1.165) is 38.1 Å². The maximum absolute atomic E-state index is 12.3. The number of piperidine rings is 1. The fraction of sp³-hybridized carbons (Fsp3) is 0.588. The molecule has 4 heteroatoms. The molecule has 116 valence electrons. The quantitative estimate of drug-likeness (QED) is 0.906. The lowest BCUT2D eigenvalue weighted by molar-refractivity contribution is -0.134. The highest BCUT2D eigenvalue weighted by atomic mass is 16.5. The molecule has 4 nitrogen and oxygen atoms in total. The summed E-state index contributed by atoms with van der Waals surface area (Å²) in [5.41, 5.74) is 5.98. The zero-order chi connectivity index (χ0) is 15.2.